The third-order valence-electron chi connectivity index (χ3n) is 6.22. The molecule has 18 heavy (non-hydrogen) atoms. The summed E-state index contributed by atoms with van der Waals surface area (Å²) < 4.78 is 25.5. The summed E-state index contributed by atoms with van der Waals surface area (Å²) in [7, 11) is -3.08. The first-order valence-electron chi connectivity index (χ1n) is 6.98. The summed E-state index contributed by atoms with van der Waals surface area (Å²) in [4.78, 5) is 0.539. The Morgan fingerprint density at radius 3 is 2.17 bits per heavy atom. The third-order valence-corrected chi connectivity index (χ3v) is 8.46. The van der Waals surface area contributed by atoms with Crippen LogP contribution in [0.5, 0.6) is 0 Å². The van der Waals surface area contributed by atoms with E-state index in [1.54, 1.807) is 12.1 Å². The number of rotatable bonds is 2. The fourth-order valence-corrected chi connectivity index (χ4v) is 7.95. The fraction of sp³-hybridized carbons (Fsp3) is 0.600. The maximum Gasteiger partial charge on any atom is 0.181 e. The van der Waals surface area contributed by atoms with Crippen LogP contribution in [0.4, 0.5) is 0 Å². The summed E-state index contributed by atoms with van der Waals surface area (Å²) in [5, 5.41) is -0.0661. The first kappa shape index (κ1) is 10.0. The molecule has 0 aliphatic heterocycles. The molecule has 0 radical (unpaired) electrons. The Kier molecular flexibility index (Phi) is 1.58. The van der Waals surface area contributed by atoms with E-state index in [0.29, 0.717) is 10.8 Å². The molecule has 1 aromatic rings. The van der Waals surface area contributed by atoms with Crippen molar-refractivity contribution in [3.05, 3.63) is 30.3 Å². The quantitative estimate of drug-likeness (QED) is 0.818. The smallest absolute Gasteiger partial charge is 0.181 e. The molecule has 5 aliphatic rings. The normalized spacial score (nSPS) is 50.8. The summed E-state index contributed by atoms with van der Waals surface area (Å²) >= 11 is 0. The summed E-state index contributed by atoms with van der Waals surface area (Å²) in [6, 6.07) is 9.07. The molecular weight excluding hydrogens is 244 g/mol. The van der Waals surface area contributed by atoms with Gasteiger partial charge in [-0.1, -0.05) is 18.2 Å². The van der Waals surface area contributed by atoms with E-state index in [9.17, 15) is 8.42 Å². The first-order chi connectivity index (χ1) is 8.69. The second kappa shape index (κ2) is 2.84. The van der Waals surface area contributed by atoms with Crippen molar-refractivity contribution < 1.29 is 8.42 Å². The van der Waals surface area contributed by atoms with Gasteiger partial charge in [0.2, 0.25) is 0 Å². The highest BCUT2D eigenvalue weighted by Gasteiger charge is 2.78. The molecule has 5 aliphatic carbocycles. The highest BCUT2D eigenvalue weighted by atomic mass is 32.2. The van der Waals surface area contributed by atoms with Crippen LogP contribution in [0, 0.1) is 35.5 Å². The van der Waals surface area contributed by atoms with E-state index in [4.69, 9.17) is 0 Å². The molecule has 1 aromatic carbocycles. The minimum atomic E-state index is -3.08. The van der Waals surface area contributed by atoms with Gasteiger partial charge in [-0.2, -0.15) is 0 Å². The first-order valence-corrected chi connectivity index (χ1v) is 8.53. The van der Waals surface area contributed by atoms with Crippen LogP contribution in [0.2, 0.25) is 0 Å². The van der Waals surface area contributed by atoms with E-state index in [2.05, 4.69) is 0 Å². The molecule has 0 aromatic heterocycles. The molecule has 0 saturated heterocycles. The van der Waals surface area contributed by atoms with Gasteiger partial charge in [-0.3, -0.25) is 0 Å². The molecule has 0 heterocycles. The van der Waals surface area contributed by atoms with E-state index in [-0.39, 0.29) is 5.25 Å². The molecule has 7 atom stereocenters. The lowest BCUT2D eigenvalue weighted by atomic mass is 10.0. The predicted octanol–water partition coefficient (Wildman–Crippen LogP) is 2.36. The Morgan fingerprint density at radius 2 is 1.56 bits per heavy atom. The number of sulfone groups is 1. The highest BCUT2D eigenvalue weighted by molar-refractivity contribution is 7.92. The zero-order valence-electron chi connectivity index (χ0n) is 10.1. The van der Waals surface area contributed by atoms with E-state index in [1.165, 1.54) is 6.42 Å². The maximum atomic E-state index is 12.8. The Balaban J connectivity index is 1.58. The van der Waals surface area contributed by atoms with Crippen molar-refractivity contribution in [2.24, 2.45) is 35.5 Å². The van der Waals surface area contributed by atoms with Crippen LogP contribution in [0.25, 0.3) is 0 Å². The predicted molar refractivity (Wildman–Crippen MR) is 67.6 cm³/mol. The summed E-state index contributed by atoms with van der Waals surface area (Å²) in [6.07, 6.45) is 2.29. The summed E-state index contributed by atoms with van der Waals surface area (Å²) in [5.41, 5.74) is 0. The van der Waals surface area contributed by atoms with Crippen molar-refractivity contribution in [1.82, 2.24) is 0 Å². The van der Waals surface area contributed by atoms with E-state index >= 15 is 0 Å². The Labute approximate surface area is 107 Å². The van der Waals surface area contributed by atoms with Crippen LogP contribution in [0.15, 0.2) is 35.2 Å². The molecule has 6 rings (SSSR count). The fourth-order valence-electron chi connectivity index (χ4n) is 5.79. The lowest BCUT2D eigenvalue weighted by molar-refractivity contribution is 0.440. The standard InChI is InChI=1S/C15H16O2S/c16-18(17,8-4-2-1-3-5-8)12-7-10-9-6-11-13(10)15(11)14(9)12/h1-5,9-15H,6-7H2/t9-,10-,11+,12+,13?,14-,15?/m0/s1. The Morgan fingerprint density at radius 1 is 0.833 bits per heavy atom. The summed E-state index contributed by atoms with van der Waals surface area (Å²) in [6.45, 7) is 0. The minimum absolute atomic E-state index is 0.0661. The Hall–Kier alpha value is -0.830. The van der Waals surface area contributed by atoms with Gasteiger partial charge in [0.15, 0.2) is 9.84 Å². The van der Waals surface area contributed by atoms with Gasteiger partial charge in [0, 0.05) is 0 Å². The number of benzene rings is 1. The minimum Gasteiger partial charge on any atom is -0.223 e. The molecule has 2 unspecified atom stereocenters. The van der Waals surface area contributed by atoms with Gasteiger partial charge < -0.3 is 0 Å². The van der Waals surface area contributed by atoms with Gasteiger partial charge in [0.25, 0.3) is 0 Å². The van der Waals surface area contributed by atoms with Gasteiger partial charge in [-0.25, -0.2) is 8.42 Å². The van der Waals surface area contributed by atoms with Gasteiger partial charge in [0.05, 0.1) is 10.1 Å². The molecule has 0 N–H and O–H groups in total. The van der Waals surface area contributed by atoms with Crippen LogP contribution < -0.4 is 0 Å². The second-order valence-electron chi connectivity index (χ2n) is 6.59. The number of hydrogen-bond donors (Lipinski definition) is 0. The van der Waals surface area contributed by atoms with Crippen molar-refractivity contribution in [3.63, 3.8) is 0 Å². The van der Waals surface area contributed by atoms with Crippen LogP contribution >= 0.6 is 0 Å². The third kappa shape index (κ3) is 0.932. The van der Waals surface area contributed by atoms with Crippen molar-refractivity contribution in [2.45, 2.75) is 23.0 Å². The topological polar surface area (TPSA) is 34.1 Å². The SMILES string of the molecule is O=S(=O)(c1ccccc1)[C@@H]1C[C@@H]2C3C4[C@@H]3C[C@@H]2[C@H]41. The zero-order valence-corrected chi connectivity index (χ0v) is 10.9. The molecule has 3 heteroatoms. The molecular formula is C15H16O2S. The van der Waals surface area contributed by atoms with Crippen LogP contribution in [-0.4, -0.2) is 13.7 Å². The molecule has 6 bridgehead atoms. The van der Waals surface area contributed by atoms with Crippen LogP contribution in [0.1, 0.15) is 12.8 Å². The molecule has 5 saturated carbocycles. The van der Waals surface area contributed by atoms with Crippen molar-refractivity contribution in [1.29, 1.82) is 0 Å². The van der Waals surface area contributed by atoms with E-state index in [0.717, 1.165) is 36.0 Å². The lowest BCUT2D eigenvalue weighted by Gasteiger charge is -2.21. The molecule has 5 fully saturated rings. The number of hydrogen-bond acceptors (Lipinski definition) is 2. The van der Waals surface area contributed by atoms with Crippen molar-refractivity contribution >= 4 is 9.84 Å². The van der Waals surface area contributed by atoms with Gasteiger partial charge in [0.1, 0.15) is 0 Å². The molecule has 0 spiro atoms. The highest BCUT2D eigenvalue weighted by Crippen LogP contribution is 2.81. The molecule has 2 nitrogen and oxygen atoms in total. The monoisotopic (exact) mass is 260 g/mol. The average molecular weight is 260 g/mol. The lowest BCUT2D eigenvalue weighted by Crippen LogP contribution is -2.29. The van der Waals surface area contributed by atoms with Crippen molar-refractivity contribution in [3.8, 4) is 0 Å². The Bertz CT molecular complexity index is 621. The van der Waals surface area contributed by atoms with Crippen molar-refractivity contribution in [2.75, 3.05) is 0 Å². The molecule has 94 valence electrons. The van der Waals surface area contributed by atoms with Crippen LogP contribution in [-0.2, 0) is 9.84 Å². The average Bonchev–Trinajstić information content (AvgIpc) is 2.78. The summed E-state index contributed by atoms with van der Waals surface area (Å²) in [5.74, 6) is 4.66. The van der Waals surface area contributed by atoms with Gasteiger partial charge >= 0.3 is 0 Å². The maximum absolute atomic E-state index is 12.8. The van der Waals surface area contributed by atoms with E-state index < -0.39 is 9.84 Å². The largest absolute Gasteiger partial charge is 0.223 e. The zero-order chi connectivity index (χ0) is 12.1. The van der Waals surface area contributed by atoms with Gasteiger partial charge in [-0.15, -0.1) is 0 Å². The van der Waals surface area contributed by atoms with E-state index in [1.807, 2.05) is 18.2 Å². The van der Waals surface area contributed by atoms with Gasteiger partial charge in [-0.05, 0) is 60.5 Å². The second-order valence-corrected chi connectivity index (χ2v) is 8.76. The van der Waals surface area contributed by atoms with Crippen LogP contribution in [0.3, 0.4) is 0 Å². The molecule has 0 amide bonds.